The van der Waals surface area contributed by atoms with Crippen LogP contribution in [0.3, 0.4) is 0 Å². The molecule has 4 heterocycles. The highest BCUT2D eigenvalue weighted by Crippen LogP contribution is 2.35. The molecule has 3 aromatic heterocycles. The molecule has 1 fully saturated rings. The van der Waals surface area contributed by atoms with E-state index in [9.17, 15) is 4.79 Å². The fraction of sp³-hybridized carbons (Fsp3) is 0.417. The van der Waals surface area contributed by atoms with Gasteiger partial charge in [0.25, 0.3) is 5.56 Å². The molecule has 6 rings (SSSR count). The highest BCUT2D eigenvalue weighted by molar-refractivity contribution is 7.17. The quantitative estimate of drug-likeness (QED) is 0.442. The van der Waals surface area contributed by atoms with Crippen LogP contribution in [-0.2, 0) is 12.8 Å². The maximum atomic E-state index is 13.1. The Hall–Kier alpha value is -2.64. The molecule has 160 valence electrons. The summed E-state index contributed by atoms with van der Waals surface area (Å²) in [5.74, 6) is 0.634. The lowest BCUT2D eigenvalue weighted by molar-refractivity contribution is 0.277. The number of imidazole rings is 1. The summed E-state index contributed by atoms with van der Waals surface area (Å²) >= 11 is 1.63. The highest BCUT2D eigenvalue weighted by atomic mass is 32.1. The van der Waals surface area contributed by atoms with Crippen molar-refractivity contribution in [1.29, 1.82) is 0 Å². The second-order valence-corrected chi connectivity index (χ2v) is 10.1. The minimum atomic E-state index is -0.116. The van der Waals surface area contributed by atoms with Crippen LogP contribution in [0.2, 0.25) is 0 Å². The summed E-state index contributed by atoms with van der Waals surface area (Å²) in [6.45, 7) is 6.45. The van der Waals surface area contributed by atoms with Gasteiger partial charge in [-0.15, -0.1) is 11.3 Å². The lowest BCUT2D eigenvalue weighted by Gasteiger charge is -2.18. The van der Waals surface area contributed by atoms with E-state index in [0.29, 0.717) is 11.4 Å². The predicted molar refractivity (Wildman–Crippen MR) is 128 cm³/mol. The first kappa shape index (κ1) is 19.1. The molecule has 31 heavy (non-hydrogen) atoms. The van der Waals surface area contributed by atoms with Crippen molar-refractivity contribution in [2.75, 3.05) is 18.4 Å². The van der Waals surface area contributed by atoms with Crippen LogP contribution in [0.25, 0.3) is 32.6 Å². The number of fused-ring (bicyclic) bond motifs is 3. The van der Waals surface area contributed by atoms with E-state index in [1.165, 1.54) is 24.0 Å². The molecule has 1 saturated carbocycles. The van der Waals surface area contributed by atoms with Gasteiger partial charge in [0.2, 0.25) is 0 Å². The van der Waals surface area contributed by atoms with E-state index in [1.54, 1.807) is 11.3 Å². The van der Waals surface area contributed by atoms with Crippen LogP contribution in [-0.4, -0.2) is 45.0 Å². The monoisotopic (exact) mass is 433 g/mol. The molecule has 0 saturated heterocycles. The van der Waals surface area contributed by atoms with Gasteiger partial charge in [0.15, 0.2) is 0 Å². The van der Waals surface area contributed by atoms with Gasteiger partial charge in [-0.2, -0.15) is 0 Å². The molecule has 6 nitrogen and oxygen atoms in total. The Bertz CT molecular complexity index is 1300. The van der Waals surface area contributed by atoms with Crippen LogP contribution in [0.5, 0.6) is 0 Å². The summed E-state index contributed by atoms with van der Waals surface area (Å²) in [4.78, 5) is 27.1. The van der Waals surface area contributed by atoms with Gasteiger partial charge in [-0.25, -0.2) is 4.98 Å². The molecule has 0 spiro atoms. The summed E-state index contributed by atoms with van der Waals surface area (Å²) < 4.78 is 1.06. The minimum Gasteiger partial charge on any atom is -0.381 e. The number of hydrogen-bond donors (Lipinski definition) is 3. The lowest BCUT2D eigenvalue weighted by Crippen LogP contribution is -2.28. The average Bonchev–Trinajstić information content (AvgIpc) is 3.38. The van der Waals surface area contributed by atoms with E-state index in [2.05, 4.69) is 46.2 Å². The van der Waals surface area contributed by atoms with Gasteiger partial charge >= 0.3 is 0 Å². The zero-order valence-corrected chi connectivity index (χ0v) is 18.7. The Kier molecular flexibility index (Phi) is 4.43. The maximum Gasteiger partial charge on any atom is 0.261 e. The van der Waals surface area contributed by atoms with Crippen molar-refractivity contribution in [2.24, 2.45) is 0 Å². The largest absolute Gasteiger partial charge is 0.381 e. The number of pyridine rings is 1. The van der Waals surface area contributed by atoms with Crippen molar-refractivity contribution >= 4 is 38.3 Å². The number of benzene rings is 1. The first-order chi connectivity index (χ1) is 15.1. The van der Waals surface area contributed by atoms with Crippen molar-refractivity contribution in [3.05, 3.63) is 45.1 Å². The van der Waals surface area contributed by atoms with Crippen molar-refractivity contribution in [1.82, 2.24) is 19.9 Å². The lowest BCUT2D eigenvalue weighted by atomic mass is 10.0. The maximum absolute atomic E-state index is 13.1. The third-order valence-corrected chi connectivity index (χ3v) is 7.42. The minimum absolute atomic E-state index is 0.116. The smallest absolute Gasteiger partial charge is 0.261 e. The highest BCUT2D eigenvalue weighted by Gasteiger charge is 2.30. The van der Waals surface area contributed by atoms with Crippen LogP contribution >= 0.6 is 11.3 Å². The van der Waals surface area contributed by atoms with Crippen LogP contribution in [0.1, 0.15) is 37.8 Å². The average molecular weight is 434 g/mol. The summed E-state index contributed by atoms with van der Waals surface area (Å²) in [5.41, 5.74) is 6.97. The summed E-state index contributed by atoms with van der Waals surface area (Å²) in [6, 6.07) is 7.46. The second kappa shape index (κ2) is 7.21. The second-order valence-electron chi connectivity index (χ2n) is 9.16. The van der Waals surface area contributed by atoms with Gasteiger partial charge in [-0.1, -0.05) is 0 Å². The van der Waals surface area contributed by atoms with Crippen molar-refractivity contribution in [3.63, 3.8) is 0 Å². The first-order valence-corrected chi connectivity index (χ1v) is 12.1. The zero-order chi connectivity index (χ0) is 21.1. The van der Waals surface area contributed by atoms with Crippen LogP contribution < -0.4 is 10.9 Å². The summed E-state index contributed by atoms with van der Waals surface area (Å²) in [5, 5.41) is 5.51. The number of aromatic nitrogens is 3. The van der Waals surface area contributed by atoms with E-state index in [0.717, 1.165) is 58.9 Å². The Balaban J connectivity index is 1.45. The van der Waals surface area contributed by atoms with Crippen LogP contribution in [0.15, 0.2) is 28.4 Å². The molecule has 4 aromatic rings. The van der Waals surface area contributed by atoms with Crippen LogP contribution in [0, 0.1) is 0 Å². The number of hydrogen-bond acceptors (Lipinski definition) is 5. The van der Waals surface area contributed by atoms with E-state index < -0.39 is 0 Å². The fourth-order valence-electron chi connectivity index (χ4n) is 4.84. The van der Waals surface area contributed by atoms with Crippen molar-refractivity contribution in [3.8, 4) is 11.4 Å². The van der Waals surface area contributed by atoms with Gasteiger partial charge in [0.05, 0.1) is 26.9 Å². The fourth-order valence-corrected chi connectivity index (χ4v) is 5.70. The standard InChI is InChI=1S/C24H27N5OS/c1-13(2)25-21-20(24(30)28-17-7-10-31-22(17)21)23-26-18-11-14-5-8-29(16-3-4-16)9-6-15(14)12-19(18)27-23/h7,10-13,16H,3-6,8-9H2,1-2H3,(H,26,27)(H2,25,28,30). The molecule has 2 aliphatic rings. The summed E-state index contributed by atoms with van der Waals surface area (Å²) in [7, 11) is 0. The molecule has 1 aromatic carbocycles. The predicted octanol–water partition coefficient (Wildman–Crippen LogP) is 4.52. The molecule has 0 atom stereocenters. The van der Waals surface area contributed by atoms with Gasteiger partial charge < -0.3 is 15.3 Å². The normalized spacial score (nSPS) is 17.4. The summed E-state index contributed by atoms with van der Waals surface area (Å²) in [6.07, 6.45) is 4.87. The Morgan fingerprint density at radius 2 is 1.90 bits per heavy atom. The Morgan fingerprint density at radius 3 is 2.65 bits per heavy atom. The van der Waals surface area contributed by atoms with Gasteiger partial charge in [0.1, 0.15) is 11.4 Å². The molecular weight excluding hydrogens is 406 g/mol. The molecule has 0 amide bonds. The van der Waals surface area contributed by atoms with Crippen LogP contribution in [0.4, 0.5) is 5.69 Å². The number of nitrogens with one attached hydrogen (secondary N) is 3. The SMILES string of the molecule is CC(C)Nc1c(-c2nc3cc4c(cc3[nH]2)CCN(C2CC2)CC4)c(=O)[nH]c2ccsc12. The van der Waals surface area contributed by atoms with E-state index in [-0.39, 0.29) is 11.6 Å². The van der Waals surface area contributed by atoms with Gasteiger partial charge in [-0.05, 0) is 74.2 Å². The number of anilines is 1. The van der Waals surface area contributed by atoms with Crippen molar-refractivity contribution in [2.45, 2.75) is 51.6 Å². The Labute approximate surface area is 184 Å². The third kappa shape index (κ3) is 3.36. The zero-order valence-electron chi connectivity index (χ0n) is 17.9. The molecule has 7 heteroatoms. The number of rotatable bonds is 4. The van der Waals surface area contributed by atoms with Gasteiger partial charge in [-0.3, -0.25) is 9.69 Å². The first-order valence-electron chi connectivity index (χ1n) is 11.2. The molecule has 0 bridgehead atoms. The van der Waals surface area contributed by atoms with Crippen molar-refractivity contribution < 1.29 is 0 Å². The third-order valence-electron chi connectivity index (χ3n) is 6.49. The molecule has 1 aliphatic carbocycles. The molecule has 0 radical (unpaired) electrons. The molecular formula is C24H27N5OS. The topological polar surface area (TPSA) is 76.8 Å². The Morgan fingerprint density at radius 1 is 1.13 bits per heavy atom. The number of aromatic amines is 2. The number of H-pyrrole nitrogens is 2. The number of thiophene rings is 1. The number of nitrogens with zero attached hydrogens (tertiary/aromatic N) is 2. The molecule has 3 N–H and O–H groups in total. The van der Waals surface area contributed by atoms with E-state index in [1.807, 2.05) is 11.4 Å². The van der Waals surface area contributed by atoms with E-state index >= 15 is 0 Å². The molecule has 1 aliphatic heterocycles. The van der Waals surface area contributed by atoms with Gasteiger partial charge in [0, 0.05) is 25.2 Å². The van der Waals surface area contributed by atoms with E-state index in [4.69, 9.17) is 4.98 Å². The molecule has 0 unspecified atom stereocenters.